The summed E-state index contributed by atoms with van der Waals surface area (Å²) in [7, 11) is 0. The molecule has 3 rings (SSSR count). The Hall–Kier alpha value is -1.32. The van der Waals surface area contributed by atoms with Crippen molar-refractivity contribution < 1.29 is 9.53 Å². The number of hydrogen-bond acceptors (Lipinski definition) is 4. The molecule has 2 heterocycles. The minimum absolute atomic E-state index is 0.0347. The van der Waals surface area contributed by atoms with Gasteiger partial charge in [0.05, 0.1) is 19.3 Å². The molecule has 2 aliphatic heterocycles. The van der Waals surface area contributed by atoms with Crippen molar-refractivity contribution in [3.05, 3.63) is 0 Å². The zero-order valence-corrected chi connectivity index (χ0v) is 13.4. The molecule has 122 valence electrons. The highest BCUT2D eigenvalue weighted by Gasteiger charge is 2.43. The number of carbonyl (C=O) groups excluding carboxylic acids is 1. The number of ether oxygens (including phenoxy) is 1. The van der Waals surface area contributed by atoms with E-state index in [2.05, 4.69) is 23.2 Å². The number of rotatable bonds is 4. The summed E-state index contributed by atoms with van der Waals surface area (Å²) >= 11 is 0. The lowest BCUT2D eigenvalue weighted by Crippen LogP contribution is -2.47. The fraction of sp³-hybridized carbons (Fsp3) is 0.875. The number of nitriles is 1. The largest absolute Gasteiger partial charge is 0.379 e. The molecule has 1 saturated carbocycles. The van der Waals surface area contributed by atoms with Crippen molar-refractivity contribution in [2.45, 2.75) is 44.7 Å². The third kappa shape index (κ3) is 3.36. The number of hydrogen-bond donors (Lipinski definition) is 1. The third-order valence-corrected chi connectivity index (χ3v) is 5.40. The minimum Gasteiger partial charge on any atom is -0.379 e. The molecule has 0 aromatic carbocycles. The second-order valence-electron chi connectivity index (χ2n) is 7.03. The molecule has 6 heteroatoms. The lowest BCUT2D eigenvalue weighted by molar-refractivity contribution is 0.0190. The summed E-state index contributed by atoms with van der Waals surface area (Å²) in [6.45, 7) is 7.11. The van der Waals surface area contributed by atoms with Gasteiger partial charge in [-0.15, -0.1) is 0 Å². The lowest BCUT2D eigenvalue weighted by atomic mass is 10.0. The Kier molecular flexibility index (Phi) is 4.55. The van der Waals surface area contributed by atoms with Crippen LogP contribution in [0.25, 0.3) is 0 Å². The third-order valence-electron chi connectivity index (χ3n) is 5.40. The van der Waals surface area contributed by atoms with Crippen molar-refractivity contribution in [3.63, 3.8) is 0 Å². The van der Waals surface area contributed by atoms with Crippen molar-refractivity contribution in [3.8, 4) is 6.07 Å². The van der Waals surface area contributed by atoms with Gasteiger partial charge in [-0.05, 0) is 26.2 Å². The van der Waals surface area contributed by atoms with Gasteiger partial charge in [0, 0.05) is 50.1 Å². The summed E-state index contributed by atoms with van der Waals surface area (Å²) in [4.78, 5) is 16.9. The Morgan fingerprint density at radius 1 is 1.41 bits per heavy atom. The molecule has 0 bridgehead atoms. The highest BCUT2D eigenvalue weighted by Crippen LogP contribution is 2.47. The van der Waals surface area contributed by atoms with Crippen LogP contribution in [-0.2, 0) is 4.74 Å². The zero-order valence-electron chi connectivity index (χ0n) is 13.4. The smallest absolute Gasteiger partial charge is 0.317 e. The average Bonchev–Trinajstić information content (AvgIpc) is 3.19. The van der Waals surface area contributed by atoms with Gasteiger partial charge in [-0.25, -0.2) is 4.79 Å². The standard InChI is InChI=1S/C16H26N4O2/c1-13-10-14(19-6-8-22-9-7-19)11-20(13)15(21)18-12-16(2-3-16)4-5-17/h13-14H,2-4,6-12H2,1H3,(H,18,21). The predicted molar refractivity (Wildman–Crippen MR) is 82.3 cm³/mol. The molecule has 0 aromatic heterocycles. The monoisotopic (exact) mass is 306 g/mol. The fourth-order valence-corrected chi connectivity index (χ4v) is 3.62. The molecule has 6 nitrogen and oxygen atoms in total. The first kappa shape index (κ1) is 15.6. The number of amides is 2. The summed E-state index contributed by atoms with van der Waals surface area (Å²) < 4.78 is 5.41. The first-order valence-electron chi connectivity index (χ1n) is 8.37. The van der Waals surface area contributed by atoms with Crippen LogP contribution in [0, 0.1) is 16.7 Å². The van der Waals surface area contributed by atoms with Gasteiger partial charge in [-0.2, -0.15) is 5.26 Å². The predicted octanol–water partition coefficient (Wildman–Crippen LogP) is 1.18. The number of nitrogens with one attached hydrogen (secondary N) is 1. The molecule has 0 aromatic rings. The van der Waals surface area contributed by atoms with E-state index in [1.165, 1.54) is 0 Å². The van der Waals surface area contributed by atoms with E-state index in [-0.39, 0.29) is 17.5 Å². The second-order valence-corrected chi connectivity index (χ2v) is 7.03. The number of morpholine rings is 1. The summed E-state index contributed by atoms with van der Waals surface area (Å²) in [6, 6.07) is 3.01. The van der Waals surface area contributed by atoms with Gasteiger partial charge < -0.3 is 15.0 Å². The van der Waals surface area contributed by atoms with Crippen molar-refractivity contribution >= 4 is 6.03 Å². The average molecular weight is 306 g/mol. The highest BCUT2D eigenvalue weighted by molar-refractivity contribution is 5.75. The molecule has 3 aliphatic rings. The van der Waals surface area contributed by atoms with Crippen molar-refractivity contribution in [1.29, 1.82) is 5.26 Å². The van der Waals surface area contributed by atoms with E-state index in [4.69, 9.17) is 10.00 Å². The molecular weight excluding hydrogens is 280 g/mol. The number of urea groups is 1. The first-order chi connectivity index (χ1) is 10.6. The summed E-state index contributed by atoms with van der Waals surface area (Å²) in [6.07, 6.45) is 3.72. The number of likely N-dealkylation sites (tertiary alicyclic amines) is 1. The maximum absolute atomic E-state index is 12.5. The Labute approximate surface area is 132 Å². The van der Waals surface area contributed by atoms with Crippen LogP contribution in [0.15, 0.2) is 0 Å². The van der Waals surface area contributed by atoms with Gasteiger partial charge in [-0.3, -0.25) is 4.90 Å². The molecule has 2 amide bonds. The topological polar surface area (TPSA) is 68.6 Å². The zero-order chi connectivity index (χ0) is 15.6. The fourth-order valence-electron chi connectivity index (χ4n) is 3.62. The van der Waals surface area contributed by atoms with Gasteiger partial charge in [0.1, 0.15) is 0 Å². The Bertz CT molecular complexity index is 452. The number of carbonyl (C=O) groups is 1. The van der Waals surface area contributed by atoms with E-state index >= 15 is 0 Å². The van der Waals surface area contributed by atoms with Gasteiger partial charge in [0.2, 0.25) is 0 Å². The van der Waals surface area contributed by atoms with Gasteiger partial charge in [0.25, 0.3) is 0 Å². The molecule has 22 heavy (non-hydrogen) atoms. The van der Waals surface area contributed by atoms with E-state index in [0.29, 0.717) is 19.0 Å². The molecule has 3 fully saturated rings. The molecular formula is C16H26N4O2. The molecule has 2 saturated heterocycles. The van der Waals surface area contributed by atoms with Crippen LogP contribution >= 0.6 is 0 Å². The molecule has 0 spiro atoms. The first-order valence-corrected chi connectivity index (χ1v) is 8.37. The van der Waals surface area contributed by atoms with Crippen LogP contribution in [0.1, 0.15) is 32.6 Å². The molecule has 2 atom stereocenters. The van der Waals surface area contributed by atoms with Gasteiger partial charge >= 0.3 is 6.03 Å². The van der Waals surface area contributed by atoms with E-state index in [0.717, 1.165) is 52.1 Å². The summed E-state index contributed by atoms with van der Waals surface area (Å²) in [5.74, 6) is 0. The SMILES string of the molecule is CC1CC(N2CCOCC2)CN1C(=O)NCC1(CC#N)CC1. The van der Waals surface area contributed by atoms with E-state index in [1.807, 2.05) is 4.90 Å². The van der Waals surface area contributed by atoms with Crippen LogP contribution in [-0.4, -0.2) is 67.3 Å². The minimum atomic E-state index is 0.0347. The van der Waals surface area contributed by atoms with Crippen LogP contribution in [0.4, 0.5) is 4.79 Å². The van der Waals surface area contributed by atoms with Gasteiger partial charge in [-0.1, -0.05) is 0 Å². The van der Waals surface area contributed by atoms with E-state index < -0.39 is 0 Å². The Balaban J connectivity index is 1.49. The Morgan fingerprint density at radius 3 is 2.77 bits per heavy atom. The maximum atomic E-state index is 12.5. The van der Waals surface area contributed by atoms with E-state index in [1.54, 1.807) is 0 Å². The van der Waals surface area contributed by atoms with Gasteiger partial charge in [0.15, 0.2) is 0 Å². The molecule has 1 aliphatic carbocycles. The quantitative estimate of drug-likeness (QED) is 0.847. The molecule has 1 N–H and O–H groups in total. The lowest BCUT2D eigenvalue weighted by Gasteiger charge is -2.32. The summed E-state index contributed by atoms with van der Waals surface area (Å²) in [5.41, 5.74) is 0.0665. The molecule has 0 radical (unpaired) electrons. The summed E-state index contributed by atoms with van der Waals surface area (Å²) in [5, 5.41) is 11.9. The highest BCUT2D eigenvalue weighted by atomic mass is 16.5. The van der Waals surface area contributed by atoms with Crippen LogP contribution < -0.4 is 5.32 Å². The van der Waals surface area contributed by atoms with Crippen LogP contribution in [0.2, 0.25) is 0 Å². The Morgan fingerprint density at radius 2 is 2.14 bits per heavy atom. The van der Waals surface area contributed by atoms with Crippen molar-refractivity contribution in [2.75, 3.05) is 39.4 Å². The van der Waals surface area contributed by atoms with Crippen LogP contribution in [0.5, 0.6) is 0 Å². The molecule has 2 unspecified atom stereocenters. The normalized spacial score (nSPS) is 30.8. The van der Waals surface area contributed by atoms with E-state index in [9.17, 15) is 4.79 Å². The van der Waals surface area contributed by atoms with Crippen molar-refractivity contribution in [1.82, 2.24) is 15.1 Å². The van der Waals surface area contributed by atoms with Crippen molar-refractivity contribution in [2.24, 2.45) is 5.41 Å². The second kappa shape index (κ2) is 6.43. The van der Waals surface area contributed by atoms with Crippen LogP contribution in [0.3, 0.4) is 0 Å². The number of nitrogens with zero attached hydrogens (tertiary/aromatic N) is 3. The maximum Gasteiger partial charge on any atom is 0.317 e.